The molecule has 0 aliphatic carbocycles. The molecule has 0 saturated heterocycles. The molecule has 0 unspecified atom stereocenters. The highest BCUT2D eigenvalue weighted by atomic mass is 16.5. The fourth-order valence-corrected chi connectivity index (χ4v) is 2.91. The number of hydrogen-bond donors (Lipinski definition) is 2. The van der Waals surface area contributed by atoms with E-state index >= 15 is 0 Å². The number of benzene rings is 2. The van der Waals surface area contributed by atoms with Gasteiger partial charge in [-0.05, 0) is 18.9 Å². The molecule has 0 radical (unpaired) electrons. The second-order valence-electron chi connectivity index (χ2n) is 5.34. The quantitative estimate of drug-likeness (QED) is 0.760. The van der Waals surface area contributed by atoms with Gasteiger partial charge in [-0.3, -0.25) is 0 Å². The van der Waals surface area contributed by atoms with Crippen LogP contribution in [0.4, 0.5) is 0 Å². The van der Waals surface area contributed by atoms with Crippen LogP contribution in [0.1, 0.15) is 22.3 Å². The largest absolute Gasteiger partial charge is 0.491 e. The second kappa shape index (κ2) is 4.87. The summed E-state index contributed by atoms with van der Waals surface area (Å²) in [5, 5.41) is 9.43. The number of aromatic amines is 1. The van der Waals surface area contributed by atoms with Gasteiger partial charge in [-0.1, -0.05) is 30.3 Å². The molecule has 1 aliphatic rings. The van der Waals surface area contributed by atoms with Crippen LogP contribution in [-0.4, -0.2) is 27.7 Å². The zero-order valence-corrected chi connectivity index (χ0v) is 11.8. The molecular weight excluding hydrogens is 280 g/mol. The zero-order chi connectivity index (χ0) is 15.1. The molecule has 3 aromatic rings. The van der Waals surface area contributed by atoms with Crippen LogP contribution in [0.5, 0.6) is 5.75 Å². The van der Waals surface area contributed by atoms with E-state index in [0.717, 1.165) is 23.4 Å². The Kier molecular flexibility index (Phi) is 2.85. The van der Waals surface area contributed by atoms with E-state index in [1.165, 1.54) is 0 Å². The number of rotatable bonds is 2. The highest BCUT2D eigenvalue weighted by Gasteiger charge is 2.24. The van der Waals surface area contributed by atoms with Crippen LogP contribution >= 0.6 is 0 Å². The van der Waals surface area contributed by atoms with Crippen LogP contribution in [0.25, 0.3) is 22.4 Å². The Hall–Kier alpha value is -2.82. The van der Waals surface area contributed by atoms with Crippen molar-refractivity contribution in [2.45, 2.75) is 12.8 Å². The number of fused-ring (bicyclic) bond motifs is 3. The van der Waals surface area contributed by atoms with E-state index in [-0.39, 0.29) is 0 Å². The molecule has 1 aliphatic heterocycles. The number of nitrogens with zero attached hydrogens (tertiary/aromatic N) is 1. The first-order valence-corrected chi connectivity index (χ1v) is 7.21. The molecule has 0 saturated carbocycles. The Morgan fingerprint density at radius 2 is 2.09 bits per heavy atom. The number of carboxylic acids is 1. The molecule has 2 aromatic carbocycles. The first-order chi connectivity index (χ1) is 10.7. The van der Waals surface area contributed by atoms with Gasteiger partial charge in [-0.2, -0.15) is 0 Å². The topological polar surface area (TPSA) is 75.2 Å². The van der Waals surface area contributed by atoms with Gasteiger partial charge in [0.1, 0.15) is 11.3 Å². The maximum Gasteiger partial charge on any atom is 0.336 e. The van der Waals surface area contributed by atoms with Crippen molar-refractivity contribution in [2.24, 2.45) is 0 Å². The summed E-state index contributed by atoms with van der Waals surface area (Å²) in [6.07, 6.45) is 1.54. The number of carbonyl (C=O) groups is 1. The van der Waals surface area contributed by atoms with E-state index in [4.69, 9.17) is 4.74 Å². The van der Waals surface area contributed by atoms with E-state index in [2.05, 4.69) is 9.97 Å². The monoisotopic (exact) mass is 294 g/mol. The van der Waals surface area contributed by atoms with Crippen molar-refractivity contribution in [3.05, 3.63) is 47.5 Å². The van der Waals surface area contributed by atoms with Crippen molar-refractivity contribution in [2.75, 3.05) is 6.61 Å². The molecule has 0 fully saturated rings. The molecule has 22 heavy (non-hydrogen) atoms. The van der Waals surface area contributed by atoms with E-state index in [0.29, 0.717) is 35.4 Å². The summed E-state index contributed by atoms with van der Waals surface area (Å²) in [4.78, 5) is 19.3. The van der Waals surface area contributed by atoms with Gasteiger partial charge < -0.3 is 14.8 Å². The predicted octanol–water partition coefficient (Wildman–Crippen LogP) is 3.25. The highest BCUT2D eigenvalue weighted by molar-refractivity contribution is 5.98. The van der Waals surface area contributed by atoms with E-state index < -0.39 is 5.97 Å². The van der Waals surface area contributed by atoms with Gasteiger partial charge in [-0.15, -0.1) is 0 Å². The lowest BCUT2D eigenvalue weighted by Crippen LogP contribution is -2.13. The average molecular weight is 294 g/mol. The van der Waals surface area contributed by atoms with Gasteiger partial charge in [0.2, 0.25) is 0 Å². The van der Waals surface area contributed by atoms with Gasteiger partial charge in [0, 0.05) is 11.1 Å². The van der Waals surface area contributed by atoms with Crippen molar-refractivity contribution in [1.29, 1.82) is 0 Å². The standard InChI is InChI=1S/C17H14N2O3/c20-17(21)12-9-13-14(15-11(12)7-4-8-22-15)19-16(18-13)10-5-2-1-3-6-10/h1-3,5-6,9H,4,7-8H2,(H,18,19)(H,20,21). The zero-order valence-electron chi connectivity index (χ0n) is 11.8. The van der Waals surface area contributed by atoms with Crippen molar-refractivity contribution >= 4 is 17.0 Å². The number of carboxylic acid groups (broad SMARTS) is 1. The van der Waals surface area contributed by atoms with Gasteiger partial charge in [0.25, 0.3) is 0 Å². The highest BCUT2D eigenvalue weighted by Crippen LogP contribution is 2.36. The number of nitrogens with one attached hydrogen (secondary N) is 1. The summed E-state index contributed by atoms with van der Waals surface area (Å²) in [5.74, 6) is 0.397. The number of aromatic nitrogens is 2. The lowest BCUT2D eigenvalue weighted by molar-refractivity contribution is 0.0694. The number of imidazole rings is 1. The Balaban J connectivity index is 1.98. The minimum Gasteiger partial charge on any atom is -0.491 e. The van der Waals surface area contributed by atoms with Crippen molar-refractivity contribution in [3.8, 4) is 17.1 Å². The SMILES string of the molecule is O=C(O)c1cc2[nH]c(-c3ccccc3)nc2c2c1CCCO2. The Labute approximate surface area is 126 Å². The van der Waals surface area contributed by atoms with Gasteiger partial charge >= 0.3 is 5.97 Å². The number of H-pyrrole nitrogens is 1. The van der Waals surface area contributed by atoms with Gasteiger partial charge in [0.15, 0.2) is 5.75 Å². The van der Waals surface area contributed by atoms with Crippen LogP contribution in [0, 0.1) is 0 Å². The number of aromatic carboxylic acids is 1. The summed E-state index contributed by atoms with van der Waals surface area (Å²) in [6.45, 7) is 0.596. The second-order valence-corrected chi connectivity index (χ2v) is 5.34. The third-order valence-electron chi connectivity index (χ3n) is 3.93. The molecule has 0 spiro atoms. The van der Waals surface area contributed by atoms with Crippen molar-refractivity contribution in [1.82, 2.24) is 9.97 Å². The molecule has 1 aromatic heterocycles. The van der Waals surface area contributed by atoms with E-state index in [1.807, 2.05) is 30.3 Å². The summed E-state index contributed by atoms with van der Waals surface area (Å²) in [5.41, 5.74) is 3.40. The van der Waals surface area contributed by atoms with E-state index in [9.17, 15) is 9.90 Å². The molecule has 2 heterocycles. The van der Waals surface area contributed by atoms with Crippen LogP contribution in [0.2, 0.25) is 0 Å². The Morgan fingerprint density at radius 1 is 1.27 bits per heavy atom. The molecule has 5 heteroatoms. The third-order valence-corrected chi connectivity index (χ3v) is 3.93. The molecule has 4 rings (SSSR count). The summed E-state index contributed by atoms with van der Waals surface area (Å²) in [7, 11) is 0. The van der Waals surface area contributed by atoms with Crippen LogP contribution in [0.15, 0.2) is 36.4 Å². The van der Waals surface area contributed by atoms with Crippen LogP contribution in [-0.2, 0) is 6.42 Å². The van der Waals surface area contributed by atoms with Crippen molar-refractivity contribution < 1.29 is 14.6 Å². The predicted molar refractivity (Wildman–Crippen MR) is 82.3 cm³/mol. The lowest BCUT2D eigenvalue weighted by Gasteiger charge is -2.19. The lowest BCUT2D eigenvalue weighted by atomic mass is 9.99. The summed E-state index contributed by atoms with van der Waals surface area (Å²) < 4.78 is 5.73. The Morgan fingerprint density at radius 3 is 2.86 bits per heavy atom. The third kappa shape index (κ3) is 1.94. The summed E-state index contributed by atoms with van der Waals surface area (Å²) >= 11 is 0. The smallest absolute Gasteiger partial charge is 0.336 e. The number of hydrogen-bond acceptors (Lipinski definition) is 3. The average Bonchev–Trinajstić information content (AvgIpc) is 2.99. The Bertz CT molecular complexity index is 868. The molecule has 0 atom stereocenters. The first kappa shape index (κ1) is 12.9. The van der Waals surface area contributed by atoms with E-state index in [1.54, 1.807) is 6.07 Å². The molecular formula is C17H14N2O3. The maximum absolute atomic E-state index is 11.5. The molecule has 0 amide bonds. The van der Waals surface area contributed by atoms with Crippen LogP contribution in [0.3, 0.4) is 0 Å². The molecule has 2 N–H and O–H groups in total. The normalized spacial score (nSPS) is 13.6. The maximum atomic E-state index is 11.5. The molecule has 0 bridgehead atoms. The summed E-state index contributed by atoms with van der Waals surface area (Å²) in [6, 6.07) is 11.4. The fourth-order valence-electron chi connectivity index (χ4n) is 2.91. The van der Waals surface area contributed by atoms with Crippen molar-refractivity contribution in [3.63, 3.8) is 0 Å². The number of ether oxygens (including phenoxy) is 1. The molecule has 110 valence electrons. The van der Waals surface area contributed by atoms with Crippen LogP contribution < -0.4 is 4.74 Å². The minimum absolute atomic E-state index is 0.297. The minimum atomic E-state index is -0.931. The molecule has 5 nitrogen and oxygen atoms in total. The van der Waals surface area contributed by atoms with Gasteiger partial charge in [-0.25, -0.2) is 9.78 Å². The fraction of sp³-hybridized carbons (Fsp3) is 0.176. The van der Waals surface area contributed by atoms with Gasteiger partial charge in [0.05, 0.1) is 17.7 Å². The first-order valence-electron chi connectivity index (χ1n) is 7.21.